The van der Waals surface area contributed by atoms with Crippen molar-refractivity contribution in [3.05, 3.63) is 57.5 Å². The summed E-state index contributed by atoms with van der Waals surface area (Å²) < 4.78 is 2.15. The standard InChI is InChI=1S/C24H32N6S/c1-18-10-11-19(2)21(17-18)28-12-14-29(15-13-28)23(22-9-6-16-31-22)24-25-26-27-30(24)20-7-4-3-5-8-20/h6,9-11,16-17,20,23H,3-5,7-8,12-15H2,1-2H3/t23-/m0/s1. The van der Waals surface area contributed by atoms with Crippen molar-refractivity contribution < 1.29 is 0 Å². The van der Waals surface area contributed by atoms with Gasteiger partial charge in [0.25, 0.3) is 0 Å². The van der Waals surface area contributed by atoms with Gasteiger partial charge in [0.2, 0.25) is 0 Å². The summed E-state index contributed by atoms with van der Waals surface area (Å²) >= 11 is 1.82. The molecule has 0 radical (unpaired) electrons. The van der Waals surface area contributed by atoms with Crippen LogP contribution in [0.25, 0.3) is 0 Å². The fourth-order valence-electron chi connectivity index (χ4n) is 5.16. The quantitative estimate of drug-likeness (QED) is 0.577. The normalized spacial score (nSPS) is 19.6. The Morgan fingerprint density at radius 3 is 2.55 bits per heavy atom. The Hall–Kier alpha value is -2.25. The van der Waals surface area contributed by atoms with Crippen molar-refractivity contribution >= 4 is 17.0 Å². The smallest absolute Gasteiger partial charge is 0.174 e. The summed E-state index contributed by atoms with van der Waals surface area (Å²) in [6, 6.07) is 11.7. The number of hydrogen-bond donors (Lipinski definition) is 0. The van der Waals surface area contributed by atoms with Gasteiger partial charge in [-0.25, -0.2) is 4.68 Å². The number of aromatic nitrogens is 4. The molecular weight excluding hydrogens is 404 g/mol. The van der Waals surface area contributed by atoms with Crippen LogP contribution in [0.4, 0.5) is 5.69 Å². The zero-order valence-electron chi connectivity index (χ0n) is 18.6. The van der Waals surface area contributed by atoms with Gasteiger partial charge in [0.05, 0.1) is 6.04 Å². The Labute approximate surface area is 188 Å². The second-order valence-electron chi connectivity index (χ2n) is 9.00. The molecule has 1 saturated heterocycles. The van der Waals surface area contributed by atoms with Crippen LogP contribution in [-0.2, 0) is 0 Å². The lowest BCUT2D eigenvalue weighted by atomic mass is 9.95. The summed E-state index contributed by atoms with van der Waals surface area (Å²) in [7, 11) is 0. The van der Waals surface area contributed by atoms with Gasteiger partial charge in [-0.2, -0.15) is 0 Å². The van der Waals surface area contributed by atoms with Gasteiger partial charge in [0.1, 0.15) is 6.04 Å². The topological polar surface area (TPSA) is 50.1 Å². The van der Waals surface area contributed by atoms with Crippen molar-refractivity contribution in [2.24, 2.45) is 0 Å². The Balaban J connectivity index is 1.39. The molecule has 1 saturated carbocycles. The van der Waals surface area contributed by atoms with Crippen LogP contribution in [-0.4, -0.2) is 51.3 Å². The maximum absolute atomic E-state index is 4.58. The average Bonchev–Trinajstić information content (AvgIpc) is 3.50. The van der Waals surface area contributed by atoms with Crippen LogP contribution in [0.2, 0.25) is 0 Å². The lowest BCUT2D eigenvalue weighted by Crippen LogP contribution is -2.48. The first-order chi connectivity index (χ1) is 15.2. The largest absolute Gasteiger partial charge is 0.369 e. The zero-order valence-corrected chi connectivity index (χ0v) is 19.4. The number of piperazine rings is 1. The first kappa shape index (κ1) is 20.6. The van der Waals surface area contributed by atoms with Crippen LogP contribution < -0.4 is 4.90 Å². The third-order valence-corrected chi connectivity index (χ3v) is 7.81. The maximum Gasteiger partial charge on any atom is 0.174 e. The molecule has 0 unspecified atom stereocenters. The fourth-order valence-corrected chi connectivity index (χ4v) is 6.02. The molecule has 164 valence electrons. The highest BCUT2D eigenvalue weighted by Crippen LogP contribution is 2.35. The number of hydrogen-bond acceptors (Lipinski definition) is 6. The van der Waals surface area contributed by atoms with Gasteiger partial charge >= 0.3 is 0 Å². The van der Waals surface area contributed by atoms with E-state index in [0.717, 1.165) is 32.0 Å². The third-order valence-electron chi connectivity index (χ3n) is 6.88. The number of benzene rings is 1. The number of aryl methyl sites for hydroxylation is 2. The minimum Gasteiger partial charge on any atom is -0.369 e. The van der Waals surface area contributed by atoms with Crippen LogP contribution >= 0.6 is 11.3 Å². The highest BCUT2D eigenvalue weighted by molar-refractivity contribution is 7.10. The van der Waals surface area contributed by atoms with Gasteiger partial charge in [-0.1, -0.05) is 37.5 Å². The molecule has 2 fully saturated rings. The SMILES string of the molecule is Cc1ccc(C)c(N2CCN([C@@H](c3cccs3)c3nnnn3C3CCCCC3)CC2)c1. The molecule has 3 heterocycles. The number of nitrogens with zero attached hydrogens (tertiary/aromatic N) is 6. The van der Waals surface area contributed by atoms with Crippen LogP contribution in [0.1, 0.15) is 66.0 Å². The maximum atomic E-state index is 4.58. The summed E-state index contributed by atoms with van der Waals surface area (Å²) in [6.45, 7) is 8.46. The molecule has 2 aliphatic rings. The molecule has 3 aromatic rings. The highest BCUT2D eigenvalue weighted by Gasteiger charge is 2.33. The molecule has 31 heavy (non-hydrogen) atoms. The molecule has 1 atom stereocenters. The second-order valence-corrected chi connectivity index (χ2v) is 9.98. The van der Waals surface area contributed by atoms with E-state index >= 15 is 0 Å². The highest BCUT2D eigenvalue weighted by atomic mass is 32.1. The van der Waals surface area contributed by atoms with E-state index in [4.69, 9.17) is 0 Å². The number of tetrazole rings is 1. The van der Waals surface area contributed by atoms with Gasteiger partial charge in [-0.3, -0.25) is 4.90 Å². The lowest BCUT2D eigenvalue weighted by molar-refractivity contribution is 0.196. The summed E-state index contributed by atoms with van der Waals surface area (Å²) in [5.74, 6) is 1.02. The predicted octanol–water partition coefficient (Wildman–Crippen LogP) is 4.77. The molecule has 0 amide bonds. The van der Waals surface area contributed by atoms with E-state index in [9.17, 15) is 0 Å². The van der Waals surface area contributed by atoms with Crippen molar-refractivity contribution in [3.8, 4) is 0 Å². The van der Waals surface area contributed by atoms with Crippen molar-refractivity contribution in [2.75, 3.05) is 31.1 Å². The Morgan fingerprint density at radius 2 is 1.81 bits per heavy atom. The van der Waals surface area contributed by atoms with E-state index in [-0.39, 0.29) is 6.04 Å². The van der Waals surface area contributed by atoms with E-state index in [2.05, 4.69) is 79.6 Å². The molecule has 5 rings (SSSR count). The molecular formula is C24H32N6S. The van der Waals surface area contributed by atoms with Crippen molar-refractivity contribution in [1.29, 1.82) is 0 Å². The van der Waals surface area contributed by atoms with Gasteiger partial charge in [-0.15, -0.1) is 16.4 Å². The monoisotopic (exact) mass is 436 g/mol. The van der Waals surface area contributed by atoms with Crippen molar-refractivity contribution in [3.63, 3.8) is 0 Å². The molecule has 2 aromatic heterocycles. The summed E-state index contributed by atoms with van der Waals surface area (Å²) in [6.07, 6.45) is 6.28. The van der Waals surface area contributed by atoms with Gasteiger partial charge in [0, 0.05) is 36.7 Å². The third kappa shape index (κ3) is 4.26. The van der Waals surface area contributed by atoms with E-state index in [1.165, 1.54) is 53.8 Å². The molecule has 6 nitrogen and oxygen atoms in total. The number of thiophene rings is 1. The van der Waals surface area contributed by atoms with E-state index in [1.54, 1.807) is 0 Å². The van der Waals surface area contributed by atoms with E-state index in [1.807, 2.05) is 11.3 Å². The summed E-state index contributed by atoms with van der Waals surface area (Å²) in [5.41, 5.74) is 4.06. The second kappa shape index (κ2) is 9.09. The molecule has 1 aromatic carbocycles. The molecule has 0 N–H and O–H groups in total. The minimum atomic E-state index is 0.137. The van der Waals surface area contributed by atoms with Gasteiger partial charge in [0.15, 0.2) is 5.82 Å². The predicted molar refractivity (Wildman–Crippen MR) is 126 cm³/mol. The van der Waals surface area contributed by atoms with Gasteiger partial charge in [-0.05, 0) is 65.8 Å². The average molecular weight is 437 g/mol. The van der Waals surface area contributed by atoms with Crippen LogP contribution in [0.3, 0.4) is 0 Å². The fraction of sp³-hybridized carbons (Fsp3) is 0.542. The minimum absolute atomic E-state index is 0.137. The molecule has 1 aliphatic heterocycles. The summed E-state index contributed by atoms with van der Waals surface area (Å²) in [4.78, 5) is 6.46. The number of anilines is 1. The van der Waals surface area contributed by atoms with Crippen LogP contribution in [0.15, 0.2) is 35.7 Å². The molecule has 0 spiro atoms. The van der Waals surface area contributed by atoms with Crippen LogP contribution in [0, 0.1) is 13.8 Å². The first-order valence-corrected chi connectivity index (χ1v) is 12.5. The number of rotatable bonds is 5. The van der Waals surface area contributed by atoms with Gasteiger partial charge < -0.3 is 4.90 Å². The van der Waals surface area contributed by atoms with Crippen LogP contribution in [0.5, 0.6) is 0 Å². The Bertz CT molecular complexity index is 983. The lowest BCUT2D eigenvalue weighted by Gasteiger charge is -2.40. The van der Waals surface area contributed by atoms with E-state index in [0.29, 0.717) is 6.04 Å². The van der Waals surface area contributed by atoms with E-state index < -0.39 is 0 Å². The zero-order chi connectivity index (χ0) is 21.2. The Morgan fingerprint density at radius 1 is 1.00 bits per heavy atom. The first-order valence-electron chi connectivity index (χ1n) is 11.6. The molecule has 1 aliphatic carbocycles. The van der Waals surface area contributed by atoms with Crippen molar-refractivity contribution in [2.45, 2.75) is 58.0 Å². The van der Waals surface area contributed by atoms with Crippen molar-refractivity contribution in [1.82, 2.24) is 25.1 Å². The Kier molecular flexibility index (Phi) is 6.05. The summed E-state index contributed by atoms with van der Waals surface area (Å²) in [5, 5.41) is 15.4. The molecule has 0 bridgehead atoms. The molecule has 7 heteroatoms.